The largest absolute Gasteiger partial charge is 0.465 e. The first-order valence-corrected chi connectivity index (χ1v) is 10.7. The van der Waals surface area contributed by atoms with Crippen LogP contribution in [0.25, 0.3) is 0 Å². The van der Waals surface area contributed by atoms with E-state index in [1.54, 1.807) is 11.0 Å². The van der Waals surface area contributed by atoms with Crippen molar-refractivity contribution in [3.63, 3.8) is 0 Å². The molecule has 1 aliphatic rings. The molecule has 148 valence electrons. The number of amides is 1. The van der Waals surface area contributed by atoms with Gasteiger partial charge in [0.05, 0.1) is 12.7 Å². The van der Waals surface area contributed by atoms with Gasteiger partial charge >= 0.3 is 5.97 Å². The molecule has 0 spiro atoms. The molecule has 7 nitrogen and oxygen atoms in total. The third-order valence-corrected chi connectivity index (χ3v) is 6.88. The number of methoxy groups -OCH3 is 1. The highest BCUT2D eigenvalue weighted by Gasteiger charge is 2.32. The summed E-state index contributed by atoms with van der Waals surface area (Å²) in [4.78, 5) is 25.1. The van der Waals surface area contributed by atoms with Gasteiger partial charge in [0.15, 0.2) is 0 Å². The summed E-state index contributed by atoms with van der Waals surface area (Å²) in [5, 5.41) is 0. The minimum absolute atomic E-state index is 0.0312. The van der Waals surface area contributed by atoms with Crippen molar-refractivity contribution in [3.05, 3.63) is 52.0 Å². The summed E-state index contributed by atoms with van der Waals surface area (Å²) < 4.78 is 33.4. The molecule has 3 rings (SSSR count). The van der Waals surface area contributed by atoms with E-state index in [0.717, 1.165) is 5.56 Å². The molecule has 2 aromatic rings. The maximum Gasteiger partial charge on any atom is 0.337 e. The van der Waals surface area contributed by atoms with Gasteiger partial charge in [-0.15, -0.1) is 0 Å². The van der Waals surface area contributed by atoms with Gasteiger partial charge in [-0.1, -0.05) is 0 Å². The van der Waals surface area contributed by atoms with Gasteiger partial charge in [-0.2, -0.15) is 0 Å². The van der Waals surface area contributed by atoms with E-state index in [1.165, 1.54) is 44.4 Å². The number of rotatable bonds is 4. The van der Waals surface area contributed by atoms with Gasteiger partial charge in [-0.05, 0) is 71.2 Å². The Morgan fingerprint density at radius 3 is 2.43 bits per heavy atom. The van der Waals surface area contributed by atoms with E-state index >= 15 is 0 Å². The van der Waals surface area contributed by atoms with Crippen molar-refractivity contribution in [1.29, 1.82) is 0 Å². The molecule has 2 aromatic carbocycles. The number of hydrogen-bond donors (Lipinski definition) is 1. The first-order chi connectivity index (χ1) is 13.1. The molecule has 1 atom stereocenters. The summed E-state index contributed by atoms with van der Waals surface area (Å²) in [7, 11) is -2.65. The van der Waals surface area contributed by atoms with E-state index in [4.69, 9.17) is 0 Å². The third kappa shape index (κ3) is 3.77. The van der Waals surface area contributed by atoms with Gasteiger partial charge < -0.3 is 9.64 Å². The number of benzene rings is 2. The van der Waals surface area contributed by atoms with Crippen molar-refractivity contribution < 1.29 is 22.7 Å². The molecule has 9 heteroatoms. The summed E-state index contributed by atoms with van der Waals surface area (Å²) in [5.74, 6) is -0.641. The number of nitrogens with one attached hydrogen (secondary N) is 1. The van der Waals surface area contributed by atoms with E-state index in [-0.39, 0.29) is 16.8 Å². The van der Waals surface area contributed by atoms with E-state index in [9.17, 15) is 18.0 Å². The number of carbonyl (C=O) groups is 2. The fourth-order valence-electron chi connectivity index (χ4n) is 3.31. The van der Waals surface area contributed by atoms with Gasteiger partial charge in [0.25, 0.3) is 10.0 Å². The molecule has 0 saturated heterocycles. The second-order valence-corrected chi connectivity index (χ2v) is 9.03. The summed E-state index contributed by atoms with van der Waals surface area (Å²) >= 11 is 3.33. The van der Waals surface area contributed by atoms with Crippen LogP contribution in [0.2, 0.25) is 0 Å². The van der Waals surface area contributed by atoms with Crippen molar-refractivity contribution in [2.45, 2.75) is 31.2 Å². The normalized spacial score (nSPS) is 15.9. The zero-order valence-electron chi connectivity index (χ0n) is 15.5. The summed E-state index contributed by atoms with van der Waals surface area (Å²) in [6.07, 6.45) is 0.663. The first-order valence-electron chi connectivity index (χ1n) is 8.47. The zero-order valence-corrected chi connectivity index (χ0v) is 17.9. The van der Waals surface area contributed by atoms with E-state index in [0.29, 0.717) is 27.8 Å². The molecule has 0 bridgehead atoms. The Balaban J connectivity index is 1.94. The van der Waals surface area contributed by atoms with Gasteiger partial charge in [-0.3, -0.25) is 9.52 Å². The minimum Gasteiger partial charge on any atom is -0.465 e. The third-order valence-electron chi connectivity index (χ3n) is 4.54. The molecule has 0 aromatic heterocycles. The number of nitrogens with zero attached hydrogens (tertiary/aromatic N) is 1. The lowest BCUT2D eigenvalue weighted by Gasteiger charge is -2.21. The van der Waals surface area contributed by atoms with Crippen LogP contribution in [0.4, 0.5) is 11.4 Å². The molecule has 28 heavy (non-hydrogen) atoms. The Labute approximate surface area is 171 Å². The van der Waals surface area contributed by atoms with Gasteiger partial charge in [0.1, 0.15) is 4.90 Å². The molecule has 1 amide bonds. The van der Waals surface area contributed by atoms with Crippen LogP contribution in [0.3, 0.4) is 0 Å². The number of halogens is 1. The SMILES string of the molecule is COC(=O)c1ccc(NS(=O)(=O)c2cc3c(cc2Br)C[C@@H](C)N3C(C)=O)cc1. The highest BCUT2D eigenvalue weighted by molar-refractivity contribution is 9.10. The average Bonchev–Trinajstić information content (AvgIpc) is 2.95. The van der Waals surface area contributed by atoms with Crippen LogP contribution in [0.1, 0.15) is 29.8 Å². The number of sulfonamides is 1. The lowest BCUT2D eigenvalue weighted by molar-refractivity contribution is -0.116. The van der Waals surface area contributed by atoms with Crippen LogP contribution in [0.15, 0.2) is 45.8 Å². The molecule has 1 N–H and O–H groups in total. The lowest BCUT2D eigenvalue weighted by Crippen LogP contribution is -2.33. The molecular weight excluding hydrogens is 448 g/mol. The average molecular weight is 467 g/mol. The second kappa shape index (κ2) is 7.56. The standard InChI is InChI=1S/C19H19BrN2O5S/c1-11-8-14-9-16(20)18(10-17(14)22(11)12(2)23)28(25,26)21-15-6-4-13(5-7-15)19(24)27-3/h4-7,9-11,21H,8H2,1-3H3/t11-/m1/s1. The quantitative estimate of drug-likeness (QED) is 0.697. The zero-order chi connectivity index (χ0) is 20.6. The van der Waals surface area contributed by atoms with Crippen LogP contribution in [0.5, 0.6) is 0 Å². The molecule has 0 radical (unpaired) electrons. The maximum atomic E-state index is 12.9. The molecular formula is C19H19BrN2O5S. The lowest BCUT2D eigenvalue weighted by atomic mass is 10.1. The number of ether oxygens (including phenoxy) is 1. The van der Waals surface area contributed by atoms with E-state index in [2.05, 4.69) is 25.4 Å². The Kier molecular flexibility index (Phi) is 5.49. The Bertz CT molecular complexity index is 1050. The minimum atomic E-state index is -3.92. The highest BCUT2D eigenvalue weighted by atomic mass is 79.9. The fourth-order valence-corrected chi connectivity index (χ4v) is 5.48. The van der Waals surface area contributed by atoms with Crippen LogP contribution >= 0.6 is 15.9 Å². The summed E-state index contributed by atoms with van der Waals surface area (Å²) in [6.45, 7) is 3.38. The van der Waals surface area contributed by atoms with Gasteiger partial charge in [0.2, 0.25) is 5.91 Å². The van der Waals surface area contributed by atoms with Crippen molar-refractivity contribution in [3.8, 4) is 0 Å². The van der Waals surface area contributed by atoms with Crippen molar-refractivity contribution in [2.75, 3.05) is 16.7 Å². The molecule has 0 fully saturated rings. The molecule has 0 unspecified atom stereocenters. The van der Waals surface area contributed by atoms with E-state index < -0.39 is 16.0 Å². The van der Waals surface area contributed by atoms with Gasteiger partial charge in [-0.25, -0.2) is 13.2 Å². The fraction of sp³-hybridized carbons (Fsp3) is 0.263. The predicted molar refractivity (Wildman–Crippen MR) is 109 cm³/mol. The van der Waals surface area contributed by atoms with E-state index in [1.807, 2.05) is 6.92 Å². The number of anilines is 2. The smallest absolute Gasteiger partial charge is 0.337 e. The van der Waals surface area contributed by atoms with Crippen LogP contribution in [-0.4, -0.2) is 33.4 Å². The number of fused-ring (bicyclic) bond motifs is 1. The van der Waals surface area contributed by atoms with Crippen LogP contribution < -0.4 is 9.62 Å². The Morgan fingerprint density at radius 1 is 1.21 bits per heavy atom. The van der Waals surface area contributed by atoms with Crippen molar-refractivity contribution >= 4 is 49.2 Å². The first kappa shape index (κ1) is 20.3. The number of esters is 1. The predicted octanol–water partition coefficient (Wildman–Crippen LogP) is 3.33. The highest BCUT2D eigenvalue weighted by Crippen LogP contribution is 2.38. The van der Waals surface area contributed by atoms with Gasteiger partial charge in [0, 0.05) is 28.8 Å². The Hall–Kier alpha value is -2.39. The Morgan fingerprint density at radius 2 is 1.86 bits per heavy atom. The molecule has 1 heterocycles. The number of hydrogen-bond acceptors (Lipinski definition) is 5. The topological polar surface area (TPSA) is 92.8 Å². The molecule has 0 saturated carbocycles. The monoisotopic (exact) mass is 466 g/mol. The summed E-state index contributed by atoms with van der Waals surface area (Å²) in [6, 6.07) is 9.13. The van der Waals surface area contributed by atoms with Crippen LogP contribution in [-0.2, 0) is 26.0 Å². The number of carbonyl (C=O) groups excluding carboxylic acids is 2. The van der Waals surface area contributed by atoms with Crippen LogP contribution in [0, 0.1) is 0 Å². The van der Waals surface area contributed by atoms with Crippen molar-refractivity contribution in [2.24, 2.45) is 0 Å². The molecule has 0 aliphatic carbocycles. The second-order valence-electron chi connectivity index (χ2n) is 6.53. The summed E-state index contributed by atoms with van der Waals surface area (Å²) in [5.41, 5.74) is 2.13. The molecule has 1 aliphatic heterocycles. The van der Waals surface area contributed by atoms with Crippen molar-refractivity contribution in [1.82, 2.24) is 0 Å². The maximum absolute atomic E-state index is 12.9.